The predicted octanol–water partition coefficient (Wildman–Crippen LogP) is 4.58. The molecule has 2 amide bonds. The molecule has 0 atom stereocenters. The zero-order chi connectivity index (χ0) is 26.6. The SMILES string of the molecule is COC(=O)c1c(NC(=O)c2ccc(C)c([N+](=O)[O-])c2)sc(C(=O)Nc2cc(OC)ccc2OC)c1C. The smallest absolute Gasteiger partial charge is 0.341 e. The van der Waals surface area contributed by atoms with Crippen LogP contribution < -0.4 is 20.1 Å². The Morgan fingerprint density at radius 1 is 0.944 bits per heavy atom. The number of carbonyl (C=O) groups excluding carboxylic acids is 3. The van der Waals surface area contributed by atoms with Crippen LogP contribution in [0.2, 0.25) is 0 Å². The minimum atomic E-state index is -0.757. The third kappa shape index (κ3) is 5.28. The maximum atomic E-state index is 13.2. The molecule has 188 valence electrons. The summed E-state index contributed by atoms with van der Waals surface area (Å²) in [5.74, 6) is -1.12. The Morgan fingerprint density at radius 2 is 1.67 bits per heavy atom. The molecule has 1 aromatic heterocycles. The molecule has 0 fully saturated rings. The molecular weight excluding hydrogens is 490 g/mol. The van der Waals surface area contributed by atoms with Gasteiger partial charge in [-0.2, -0.15) is 0 Å². The van der Waals surface area contributed by atoms with Crippen molar-refractivity contribution >= 4 is 45.5 Å². The van der Waals surface area contributed by atoms with Crippen molar-refractivity contribution in [3.05, 3.63) is 73.6 Å². The van der Waals surface area contributed by atoms with E-state index in [1.165, 1.54) is 33.5 Å². The van der Waals surface area contributed by atoms with Crippen molar-refractivity contribution in [1.29, 1.82) is 0 Å². The Bertz CT molecular complexity index is 1370. The highest BCUT2D eigenvalue weighted by Crippen LogP contribution is 2.36. The second-order valence-electron chi connectivity index (χ2n) is 7.48. The highest BCUT2D eigenvalue weighted by molar-refractivity contribution is 7.19. The molecule has 1 heterocycles. The summed E-state index contributed by atoms with van der Waals surface area (Å²) in [5.41, 5.74) is 0.820. The molecule has 0 radical (unpaired) electrons. The van der Waals surface area contributed by atoms with Gasteiger partial charge in [-0.15, -0.1) is 11.3 Å². The highest BCUT2D eigenvalue weighted by atomic mass is 32.1. The number of carbonyl (C=O) groups is 3. The van der Waals surface area contributed by atoms with Crippen molar-refractivity contribution in [2.75, 3.05) is 32.0 Å². The molecule has 0 unspecified atom stereocenters. The van der Waals surface area contributed by atoms with E-state index in [0.29, 0.717) is 22.7 Å². The fourth-order valence-corrected chi connectivity index (χ4v) is 4.46. The number of nitro groups is 1. The van der Waals surface area contributed by atoms with E-state index >= 15 is 0 Å². The molecule has 0 bridgehead atoms. The first kappa shape index (κ1) is 26.2. The zero-order valence-electron chi connectivity index (χ0n) is 20.1. The molecule has 2 aromatic carbocycles. The number of esters is 1. The quantitative estimate of drug-likeness (QED) is 0.253. The summed E-state index contributed by atoms with van der Waals surface area (Å²) in [4.78, 5) is 49.4. The molecule has 2 N–H and O–H groups in total. The summed E-state index contributed by atoms with van der Waals surface area (Å²) in [5, 5.41) is 16.6. The summed E-state index contributed by atoms with van der Waals surface area (Å²) in [7, 11) is 4.11. The van der Waals surface area contributed by atoms with Crippen molar-refractivity contribution in [2.45, 2.75) is 13.8 Å². The topological polar surface area (TPSA) is 146 Å². The number of benzene rings is 2. The van der Waals surface area contributed by atoms with Gasteiger partial charge in [0.2, 0.25) is 0 Å². The molecule has 12 heteroatoms. The average Bonchev–Trinajstić information content (AvgIpc) is 3.18. The van der Waals surface area contributed by atoms with Crippen LogP contribution in [0.1, 0.15) is 41.5 Å². The summed E-state index contributed by atoms with van der Waals surface area (Å²) in [6.07, 6.45) is 0. The molecule has 0 spiro atoms. The number of methoxy groups -OCH3 is 3. The standard InChI is InChI=1S/C24H23N3O8S/c1-12-6-7-14(10-17(12)27(31)32)21(28)26-23-19(24(30)35-5)13(2)20(36-23)22(29)25-16-11-15(33-3)8-9-18(16)34-4/h6-11H,1-5H3,(H,25,29)(H,26,28). The van der Waals surface area contributed by atoms with Gasteiger partial charge in [0.1, 0.15) is 16.5 Å². The minimum absolute atomic E-state index is 0.000202. The maximum Gasteiger partial charge on any atom is 0.341 e. The monoisotopic (exact) mass is 513 g/mol. The lowest BCUT2D eigenvalue weighted by Crippen LogP contribution is -2.15. The van der Waals surface area contributed by atoms with Crippen LogP contribution in [-0.4, -0.2) is 44.0 Å². The lowest BCUT2D eigenvalue weighted by atomic mass is 10.1. The van der Waals surface area contributed by atoms with Crippen molar-refractivity contribution in [1.82, 2.24) is 0 Å². The van der Waals surface area contributed by atoms with Gasteiger partial charge in [0, 0.05) is 23.3 Å². The molecule has 0 aliphatic rings. The Balaban J connectivity index is 1.98. The number of aryl methyl sites for hydroxylation is 1. The first-order valence-corrected chi connectivity index (χ1v) is 11.2. The van der Waals surface area contributed by atoms with Crippen molar-refractivity contribution in [2.24, 2.45) is 0 Å². The van der Waals surface area contributed by atoms with Crippen LogP contribution in [-0.2, 0) is 4.74 Å². The van der Waals surface area contributed by atoms with E-state index < -0.39 is 22.7 Å². The van der Waals surface area contributed by atoms with Crippen LogP contribution in [0.4, 0.5) is 16.4 Å². The van der Waals surface area contributed by atoms with Gasteiger partial charge in [-0.05, 0) is 37.6 Å². The first-order chi connectivity index (χ1) is 17.1. The summed E-state index contributed by atoms with van der Waals surface area (Å²) < 4.78 is 15.3. The van der Waals surface area contributed by atoms with E-state index in [4.69, 9.17) is 14.2 Å². The van der Waals surface area contributed by atoms with E-state index in [9.17, 15) is 24.5 Å². The number of nitro benzene ring substituents is 1. The van der Waals surface area contributed by atoms with Gasteiger partial charge >= 0.3 is 5.97 Å². The molecule has 0 aliphatic carbocycles. The molecule has 0 saturated carbocycles. The number of thiophene rings is 1. The predicted molar refractivity (Wildman–Crippen MR) is 134 cm³/mol. The molecular formula is C24H23N3O8S. The van der Waals surface area contributed by atoms with Gasteiger partial charge in [0.15, 0.2) is 0 Å². The maximum absolute atomic E-state index is 13.2. The minimum Gasteiger partial charge on any atom is -0.497 e. The van der Waals surface area contributed by atoms with Crippen molar-refractivity contribution in [3.63, 3.8) is 0 Å². The zero-order valence-corrected chi connectivity index (χ0v) is 20.9. The Kier molecular flexibility index (Phi) is 7.90. The first-order valence-electron chi connectivity index (χ1n) is 10.4. The average molecular weight is 514 g/mol. The molecule has 36 heavy (non-hydrogen) atoms. The number of anilines is 2. The molecule has 0 saturated heterocycles. The molecule has 11 nitrogen and oxygen atoms in total. The van der Waals surface area contributed by atoms with Crippen LogP contribution in [0.3, 0.4) is 0 Å². The van der Waals surface area contributed by atoms with Crippen molar-refractivity contribution in [3.8, 4) is 11.5 Å². The van der Waals surface area contributed by atoms with Gasteiger partial charge in [-0.25, -0.2) is 4.79 Å². The number of rotatable bonds is 8. The van der Waals surface area contributed by atoms with E-state index in [0.717, 1.165) is 17.4 Å². The van der Waals surface area contributed by atoms with Crippen LogP contribution in [0.5, 0.6) is 11.5 Å². The Morgan fingerprint density at radius 3 is 2.28 bits per heavy atom. The Hall–Kier alpha value is -4.45. The van der Waals surface area contributed by atoms with Gasteiger partial charge < -0.3 is 24.8 Å². The van der Waals surface area contributed by atoms with Gasteiger partial charge in [0.25, 0.3) is 17.5 Å². The number of hydrogen-bond donors (Lipinski definition) is 2. The van der Waals surface area contributed by atoms with E-state index in [1.807, 2.05) is 0 Å². The lowest BCUT2D eigenvalue weighted by molar-refractivity contribution is -0.385. The number of ether oxygens (including phenoxy) is 3. The number of amides is 2. The van der Waals surface area contributed by atoms with Gasteiger partial charge in [-0.3, -0.25) is 19.7 Å². The fraction of sp³-hybridized carbons (Fsp3) is 0.208. The second kappa shape index (κ2) is 10.9. The lowest BCUT2D eigenvalue weighted by Gasteiger charge is -2.11. The highest BCUT2D eigenvalue weighted by Gasteiger charge is 2.27. The summed E-state index contributed by atoms with van der Waals surface area (Å²) in [6, 6.07) is 8.90. The normalized spacial score (nSPS) is 10.4. The fourth-order valence-electron chi connectivity index (χ4n) is 3.38. The van der Waals surface area contributed by atoms with Gasteiger partial charge in [0.05, 0.1) is 42.4 Å². The number of hydrogen-bond acceptors (Lipinski definition) is 9. The molecule has 3 aromatic rings. The largest absolute Gasteiger partial charge is 0.497 e. The summed E-state index contributed by atoms with van der Waals surface area (Å²) >= 11 is 0.866. The third-order valence-electron chi connectivity index (χ3n) is 5.29. The number of nitrogens with zero attached hydrogens (tertiary/aromatic N) is 1. The number of nitrogens with one attached hydrogen (secondary N) is 2. The Labute approximate surface area is 210 Å². The van der Waals surface area contributed by atoms with Crippen LogP contribution in [0.25, 0.3) is 0 Å². The van der Waals surface area contributed by atoms with Crippen LogP contribution >= 0.6 is 11.3 Å². The van der Waals surface area contributed by atoms with E-state index in [-0.39, 0.29) is 32.3 Å². The van der Waals surface area contributed by atoms with Crippen LogP contribution in [0.15, 0.2) is 36.4 Å². The van der Waals surface area contributed by atoms with E-state index in [2.05, 4.69) is 10.6 Å². The molecule has 0 aliphatic heterocycles. The van der Waals surface area contributed by atoms with Gasteiger partial charge in [-0.1, -0.05) is 6.07 Å². The van der Waals surface area contributed by atoms with Crippen molar-refractivity contribution < 1.29 is 33.5 Å². The van der Waals surface area contributed by atoms with Crippen LogP contribution in [0, 0.1) is 24.0 Å². The second-order valence-corrected chi connectivity index (χ2v) is 8.51. The third-order valence-corrected chi connectivity index (χ3v) is 6.50. The van der Waals surface area contributed by atoms with E-state index in [1.54, 1.807) is 32.0 Å². The summed E-state index contributed by atoms with van der Waals surface area (Å²) in [6.45, 7) is 3.10. The molecule has 3 rings (SSSR count).